The smallest absolute Gasteiger partial charge is 0.257 e. The average Bonchev–Trinajstić information content (AvgIpc) is 2.94. The largest absolute Gasteiger partial charge is 0.369 e. The van der Waals surface area contributed by atoms with Crippen LogP contribution in [0.2, 0.25) is 5.02 Å². The molecule has 0 radical (unpaired) electrons. The molecule has 2 atom stereocenters. The van der Waals surface area contributed by atoms with Gasteiger partial charge >= 0.3 is 0 Å². The van der Waals surface area contributed by atoms with Crippen LogP contribution in [0.3, 0.4) is 0 Å². The number of nitrogens with zero attached hydrogens (tertiary/aromatic N) is 1. The number of hydrogen-bond donors (Lipinski definition) is 1. The first-order valence-corrected chi connectivity index (χ1v) is 7.19. The van der Waals surface area contributed by atoms with E-state index in [9.17, 15) is 9.90 Å². The van der Waals surface area contributed by atoms with Crippen LogP contribution in [0.5, 0.6) is 0 Å². The van der Waals surface area contributed by atoms with E-state index in [1.54, 1.807) is 18.2 Å². The minimum Gasteiger partial charge on any atom is -0.369 e. The topological polar surface area (TPSA) is 40.5 Å². The van der Waals surface area contributed by atoms with Gasteiger partial charge in [-0.05, 0) is 19.1 Å². The van der Waals surface area contributed by atoms with Gasteiger partial charge < -0.3 is 10.0 Å². The van der Waals surface area contributed by atoms with Crippen molar-refractivity contribution in [3.8, 4) is 0 Å². The number of aliphatic hydroxyl groups excluding tert-OH is 1. The number of halogens is 1. The van der Waals surface area contributed by atoms with Crippen LogP contribution in [0, 0.1) is 0 Å². The van der Waals surface area contributed by atoms with E-state index in [2.05, 4.69) is 0 Å². The van der Waals surface area contributed by atoms with E-state index in [1.807, 2.05) is 24.4 Å². The molecule has 1 aliphatic heterocycles. The molecule has 5 heteroatoms. The third-order valence-corrected chi connectivity index (χ3v) is 4.83. The molecule has 2 unspecified atom stereocenters. The first-order valence-electron chi connectivity index (χ1n) is 5.93. The molecule has 3 nitrogen and oxygen atoms in total. The molecule has 1 aromatic carbocycles. The summed E-state index contributed by atoms with van der Waals surface area (Å²) in [4.78, 5) is 14.8. The Balaban J connectivity index is 1.97. The number of fused-ring (bicyclic) bond motifs is 1. The van der Waals surface area contributed by atoms with E-state index < -0.39 is 6.23 Å². The molecule has 0 fully saturated rings. The van der Waals surface area contributed by atoms with Gasteiger partial charge in [0, 0.05) is 21.4 Å². The summed E-state index contributed by atoms with van der Waals surface area (Å²) in [7, 11) is 0. The maximum atomic E-state index is 12.4. The predicted octanol–water partition coefficient (Wildman–Crippen LogP) is 3.61. The zero-order valence-electron chi connectivity index (χ0n) is 10.2. The second-order valence-electron chi connectivity index (χ2n) is 4.52. The number of carbonyl (C=O) groups excluding carboxylic acids is 1. The number of thiophene rings is 1. The minimum atomic E-state index is -0.889. The number of hydrogen-bond acceptors (Lipinski definition) is 3. The molecule has 0 bridgehead atoms. The lowest BCUT2D eigenvalue weighted by molar-refractivity contribution is 0.000338. The number of aliphatic hydroxyl groups is 1. The van der Waals surface area contributed by atoms with E-state index in [-0.39, 0.29) is 11.9 Å². The van der Waals surface area contributed by atoms with Crippen molar-refractivity contribution in [3.05, 3.63) is 56.7 Å². The van der Waals surface area contributed by atoms with Gasteiger partial charge in [0.25, 0.3) is 5.91 Å². The Morgan fingerprint density at radius 1 is 1.42 bits per heavy atom. The Hall–Kier alpha value is -1.36. The molecular weight excluding hydrogens is 282 g/mol. The minimum absolute atomic E-state index is 0.139. The number of benzene rings is 1. The van der Waals surface area contributed by atoms with Crippen LogP contribution < -0.4 is 0 Å². The fraction of sp³-hybridized carbons (Fsp3) is 0.214. The molecule has 0 aliphatic carbocycles. The van der Waals surface area contributed by atoms with Gasteiger partial charge in [0.05, 0.1) is 11.1 Å². The normalized spacial score (nSPS) is 19.6. The quantitative estimate of drug-likeness (QED) is 0.919. The van der Waals surface area contributed by atoms with E-state index >= 15 is 0 Å². The van der Waals surface area contributed by atoms with Gasteiger partial charge in [0.15, 0.2) is 6.23 Å². The monoisotopic (exact) mass is 293 g/mol. The van der Waals surface area contributed by atoms with Gasteiger partial charge in [-0.1, -0.05) is 29.8 Å². The van der Waals surface area contributed by atoms with Crippen LogP contribution in [0.4, 0.5) is 0 Å². The Morgan fingerprint density at radius 2 is 2.16 bits per heavy atom. The molecule has 98 valence electrons. The van der Waals surface area contributed by atoms with Crippen molar-refractivity contribution in [3.63, 3.8) is 0 Å². The number of carbonyl (C=O) groups is 1. The highest BCUT2D eigenvalue weighted by molar-refractivity contribution is 7.10. The summed E-state index contributed by atoms with van der Waals surface area (Å²) in [6, 6.07) is 8.79. The second kappa shape index (κ2) is 4.63. The van der Waals surface area contributed by atoms with Crippen molar-refractivity contribution in [2.75, 3.05) is 0 Å². The molecule has 3 rings (SSSR count). The van der Waals surface area contributed by atoms with Gasteiger partial charge in [-0.2, -0.15) is 0 Å². The van der Waals surface area contributed by atoms with Crippen LogP contribution in [-0.2, 0) is 0 Å². The maximum Gasteiger partial charge on any atom is 0.257 e. The van der Waals surface area contributed by atoms with Gasteiger partial charge in [0.1, 0.15) is 0 Å². The lowest BCUT2D eigenvalue weighted by Crippen LogP contribution is -2.30. The molecule has 2 aromatic rings. The Morgan fingerprint density at radius 3 is 2.79 bits per heavy atom. The Kier molecular flexibility index (Phi) is 3.09. The molecule has 0 spiro atoms. The molecule has 0 saturated carbocycles. The standard InChI is InChI=1S/C14H12ClNO2S/c1-8(12-6-9(15)7-19-12)16-13(17)10-4-2-3-5-11(10)14(16)18/h2-8,13,17H,1H3. The van der Waals surface area contributed by atoms with Crippen LogP contribution in [-0.4, -0.2) is 15.9 Å². The van der Waals surface area contributed by atoms with Crippen molar-refractivity contribution in [1.82, 2.24) is 4.90 Å². The van der Waals surface area contributed by atoms with Crippen molar-refractivity contribution in [2.45, 2.75) is 19.2 Å². The molecule has 2 heterocycles. The molecule has 1 N–H and O–H groups in total. The summed E-state index contributed by atoms with van der Waals surface area (Å²) < 4.78 is 0. The highest BCUT2D eigenvalue weighted by Gasteiger charge is 2.38. The van der Waals surface area contributed by atoms with Gasteiger partial charge in [-0.15, -0.1) is 11.3 Å². The molecule has 1 aliphatic rings. The predicted molar refractivity (Wildman–Crippen MR) is 75.3 cm³/mol. The van der Waals surface area contributed by atoms with E-state index in [1.165, 1.54) is 16.2 Å². The van der Waals surface area contributed by atoms with Gasteiger partial charge in [0.2, 0.25) is 0 Å². The van der Waals surface area contributed by atoms with Crippen molar-refractivity contribution < 1.29 is 9.90 Å². The molecule has 1 amide bonds. The summed E-state index contributed by atoms with van der Waals surface area (Å²) in [6.07, 6.45) is -0.889. The summed E-state index contributed by atoms with van der Waals surface area (Å²) in [5.41, 5.74) is 1.24. The molecule has 1 aromatic heterocycles. The van der Waals surface area contributed by atoms with Crippen molar-refractivity contribution in [1.29, 1.82) is 0 Å². The second-order valence-corrected chi connectivity index (χ2v) is 5.90. The van der Waals surface area contributed by atoms with E-state index in [0.29, 0.717) is 16.1 Å². The first kappa shape index (κ1) is 12.7. The summed E-state index contributed by atoms with van der Waals surface area (Å²) in [6.45, 7) is 1.90. The SMILES string of the molecule is CC(c1cc(Cl)cs1)N1C(=O)c2ccccc2C1O. The third kappa shape index (κ3) is 1.96. The zero-order chi connectivity index (χ0) is 13.6. The molecular formula is C14H12ClNO2S. The van der Waals surface area contributed by atoms with Crippen molar-refractivity contribution >= 4 is 28.8 Å². The fourth-order valence-corrected chi connectivity index (χ4v) is 3.53. The molecule has 19 heavy (non-hydrogen) atoms. The fourth-order valence-electron chi connectivity index (χ4n) is 2.39. The van der Waals surface area contributed by atoms with Crippen LogP contribution >= 0.6 is 22.9 Å². The first-order chi connectivity index (χ1) is 9.09. The van der Waals surface area contributed by atoms with Crippen LogP contribution in [0.25, 0.3) is 0 Å². The van der Waals surface area contributed by atoms with Gasteiger partial charge in [-0.25, -0.2) is 0 Å². The highest BCUT2D eigenvalue weighted by Crippen LogP contribution is 2.39. The lowest BCUT2D eigenvalue weighted by Gasteiger charge is -2.27. The number of rotatable bonds is 2. The Labute approximate surface area is 120 Å². The van der Waals surface area contributed by atoms with E-state index in [0.717, 1.165) is 4.88 Å². The van der Waals surface area contributed by atoms with Crippen molar-refractivity contribution in [2.24, 2.45) is 0 Å². The summed E-state index contributed by atoms with van der Waals surface area (Å²) >= 11 is 7.41. The maximum absolute atomic E-state index is 12.4. The summed E-state index contributed by atoms with van der Waals surface area (Å²) in [5, 5.41) is 12.8. The van der Waals surface area contributed by atoms with E-state index in [4.69, 9.17) is 11.6 Å². The Bertz CT molecular complexity index is 640. The third-order valence-electron chi connectivity index (χ3n) is 3.38. The van der Waals surface area contributed by atoms with Gasteiger partial charge in [-0.3, -0.25) is 4.79 Å². The van der Waals surface area contributed by atoms with Crippen LogP contribution in [0.15, 0.2) is 35.7 Å². The summed E-state index contributed by atoms with van der Waals surface area (Å²) in [5.74, 6) is -0.139. The average molecular weight is 294 g/mol. The van der Waals surface area contributed by atoms with Crippen LogP contribution in [0.1, 0.15) is 40.0 Å². The number of amides is 1. The zero-order valence-corrected chi connectivity index (χ0v) is 11.8. The lowest BCUT2D eigenvalue weighted by atomic mass is 10.1. The highest BCUT2D eigenvalue weighted by atomic mass is 35.5. The molecule has 0 saturated heterocycles.